The van der Waals surface area contributed by atoms with Gasteiger partial charge in [-0.05, 0) is 40.2 Å². The molecule has 0 bridgehead atoms. The zero-order valence-electron chi connectivity index (χ0n) is 12.0. The minimum absolute atomic E-state index is 0.246. The minimum atomic E-state index is -0.716. The summed E-state index contributed by atoms with van der Waals surface area (Å²) in [5.41, 5.74) is -0.587. The Kier molecular flexibility index (Phi) is 5.39. The summed E-state index contributed by atoms with van der Waals surface area (Å²) < 4.78 is 15.2. The Bertz CT molecular complexity index is 353. The number of hydrogen-bond donors (Lipinski definition) is 0. The van der Waals surface area contributed by atoms with Crippen LogP contribution >= 0.6 is 0 Å². The first-order chi connectivity index (χ1) is 8.81. The maximum absolute atomic E-state index is 11.6. The van der Waals surface area contributed by atoms with Crippen LogP contribution in [-0.2, 0) is 19.0 Å². The highest BCUT2D eigenvalue weighted by molar-refractivity contribution is 5.73. The average Bonchev–Trinajstić information content (AvgIpc) is 2.27. The lowest BCUT2D eigenvalue weighted by Crippen LogP contribution is -2.31. The van der Waals surface area contributed by atoms with E-state index in [9.17, 15) is 9.59 Å². The van der Waals surface area contributed by atoms with Gasteiger partial charge in [-0.1, -0.05) is 6.08 Å². The standard InChI is InChI=1S/C14H22O5/c1-5-17-12(15)10-7-6-8-11(9-10)18-13(16)19-14(2,3)4/h6,8,10-11H,5,7,9H2,1-4H3. The number of hydrogen-bond acceptors (Lipinski definition) is 5. The van der Waals surface area contributed by atoms with Crippen molar-refractivity contribution in [2.75, 3.05) is 6.61 Å². The molecule has 0 aromatic carbocycles. The zero-order valence-corrected chi connectivity index (χ0v) is 12.0. The van der Waals surface area contributed by atoms with Gasteiger partial charge < -0.3 is 14.2 Å². The van der Waals surface area contributed by atoms with E-state index >= 15 is 0 Å². The van der Waals surface area contributed by atoms with Crippen molar-refractivity contribution < 1.29 is 23.8 Å². The fourth-order valence-electron chi connectivity index (χ4n) is 1.79. The Labute approximate surface area is 113 Å². The van der Waals surface area contributed by atoms with Crippen LogP contribution in [-0.4, -0.2) is 30.4 Å². The van der Waals surface area contributed by atoms with E-state index in [2.05, 4.69) is 0 Å². The normalized spacial score (nSPS) is 22.7. The number of ether oxygens (including phenoxy) is 3. The SMILES string of the molecule is CCOC(=O)C1CC=CC(OC(=O)OC(C)(C)C)C1. The summed E-state index contributed by atoms with van der Waals surface area (Å²) in [6.45, 7) is 7.44. The molecule has 1 aliphatic rings. The van der Waals surface area contributed by atoms with Gasteiger partial charge in [0.15, 0.2) is 0 Å². The smallest absolute Gasteiger partial charge is 0.466 e. The molecule has 0 fully saturated rings. The van der Waals surface area contributed by atoms with Gasteiger partial charge >= 0.3 is 12.1 Å². The van der Waals surface area contributed by atoms with Gasteiger partial charge in [-0.15, -0.1) is 0 Å². The Morgan fingerprint density at radius 2 is 2.00 bits per heavy atom. The van der Waals surface area contributed by atoms with Gasteiger partial charge in [-0.3, -0.25) is 4.79 Å². The molecule has 0 heterocycles. The third kappa shape index (κ3) is 5.77. The number of carbonyl (C=O) groups excluding carboxylic acids is 2. The topological polar surface area (TPSA) is 61.8 Å². The van der Waals surface area contributed by atoms with Crippen molar-refractivity contribution in [3.05, 3.63) is 12.2 Å². The fraction of sp³-hybridized carbons (Fsp3) is 0.714. The summed E-state index contributed by atoms with van der Waals surface area (Å²) >= 11 is 0. The molecule has 0 amide bonds. The predicted octanol–water partition coefficient (Wildman–Crippen LogP) is 2.84. The first kappa shape index (κ1) is 15.5. The molecule has 1 aliphatic carbocycles. The van der Waals surface area contributed by atoms with E-state index in [1.165, 1.54) is 0 Å². The Hall–Kier alpha value is -1.52. The maximum atomic E-state index is 11.6. The quantitative estimate of drug-likeness (QED) is 0.583. The molecule has 0 aliphatic heterocycles. The highest BCUT2D eigenvalue weighted by Crippen LogP contribution is 2.23. The molecule has 2 atom stereocenters. The number of esters is 1. The lowest BCUT2D eigenvalue weighted by Gasteiger charge is -2.25. The summed E-state index contributed by atoms with van der Waals surface area (Å²) in [5, 5.41) is 0. The molecule has 108 valence electrons. The number of allylic oxidation sites excluding steroid dienone is 1. The Morgan fingerprint density at radius 3 is 2.58 bits per heavy atom. The molecular weight excluding hydrogens is 248 g/mol. The molecule has 0 saturated carbocycles. The summed E-state index contributed by atoms with van der Waals surface area (Å²) in [5.74, 6) is -0.498. The van der Waals surface area contributed by atoms with Crippen LogP contribution in [0.2, 0.25) is 0 Å². The summed E-state index contributed by atoms with van der Waals surface area (Å²) in [6.07, 6.45) is 3.52. The van der Waals surface area contributed by atoms with E-state index < -0.39 is 17.9 Å². The molecule has 5 heteroatoms. The zero-order chi connectivity index (χ0) is 14.5. The second-order valence-electron chi connectivity index (χ2n) is 5.47. The summed E-state index contributed by atoms with van der Waals surface area (Å²) in [6, 6.07) is 0. The van der Waals surface area contributed by atoms with Gasteiger partial charge in [0.05, 0.1) is 12.5 Å². The summed E-state index contributed by atoms with van der Waals surface area (Å²) in [4.78, 5) is 23.2. The first-order valence-corrected chi connectivity index (χ1v) is 6.54. The average molecular weight is 270 g/mol. The number of rotatable bonds is 3. The summed E-state index contributed by atoms with van der Waals surface area (Å²) in [7, 11) is 0. The monoisotopic (exact) mass is 270 g/mol. The molecule has 5 nitrogen and oxygen atoms in total. The van der Waals surface area contributed by atoms with Crippen LogP contribution in [0, 0.1) is 5.92 Å². The van der Waals surface area contributed by atoms with E-state index in [-0.39, 0.29) is 11.9 Å². The molecule has 2 unspecified atom stereocenters. The molecule has 0 N–H and O–H groups in total. The van der Waals surface area contributed by atoms with Crippen molar-refractivity contribution in [1.29, 1.82) is 0 Å². The van der Waals surface area contributed by atoms with Crippen molar-refractivity contribution in [3.8, 4) is 0 Å². The second kappa shape index (κ2) is 6.59. The van der Waals surface area contributed by atoms with E-state index in [0.717, 1.165) is 0 Å². The van der Waals surface area contributed by atoms with Crippen LogP contribution in [0.4, 0.5) is 4.79 Å². The van der Waals surface area contributed by atoms with Gasteiger partial charge in [0.25, 0.3) is 0 Å². The number of carbonyl (C=O) groups is 2. The van der Waals surface area contributed by atoms with Gasteiger partial charge in [0.1, 0.15) is 11.7 Å². The molecule has 0 aromatic rings. The van der Waals surface area contributed by atoms with Crippen molar-refractivity contribution in [3.63, 3.8) is 0 Å². The van der Waals surface area contributed by atoms with Crippen molar-refractivity contribution in [2.24, 2.45) is 5.92 Å². The van der Waals surface area contributed by atoms with Gasteiger partial charge in [-0.25, -0.2) is 4.79 Å². The first-order valence-electron chi connectivity index (χ1n) is 6.54. The lowest BCUT2D eigenvalue weighted by atomic mass is 9.92. The van der Waals surface area contributed by atoms with Crippen molar-refractivity contribution in [1.82, 2.24) is 0 Å². The maximum Gasteiger partial charge on any atom is 0.509 e. The highest BCUT2D eigenvalue weighted by Gasteiger charge is 2.28. The highest BCUT2D eigenvalue weighted by atomic mass is 16.7. The minimum Gasteiger partial charge on any atom is -0.466 e. The van der Waals surface area contributed by atoms with E-state index in [0.29, 0.717) is 19.4 Å². The van der Waals surface area contributed by atoms with E-state index in [4.69, 9.17) is 14.2 Å². The van der Waals surface area contributed by atoms with Gasteiger partial charge in [0, 0.05) is 6.42 Å². The van der Waals surface area contributed by atoms with Crippen LogP contribution in [0.25, 0.3) is 0 Å². The van der Waals surface area contributed by atoms with Crippen LogP contribution < -0.4 is 0 Å². The van der Waals surface area contributed by atoms with Crippen LogP contribution in [0.15, 0.2) is 12.2 Å². The van der Waals surface area contributed by atoms with Crippen LogP contribution in [0.5, 0.6) is 0 Å². The molecule has 1 rings (SSSR count). The third-order valence-electron chi connectivity index (χ3n) is 2.55. The molecule has 0 spiro atoms. The molecule has 0 radical (unpaired) electrons. The largest absolute Gasteiger partial charge is 0.509 e. The fourth-order valence-corrected chi connectivity index (χ4v) is 1.79. The second-order valence-corrected chi connectivity index (χ2v) is 5.47. The van der Waals surface area contributed by atoms with Crippen LogP contribution in [0.1, 0.15) is 40.5 Å². The van der Waals surface area contributed by atoms with Gasteiger partial charge in [0.2, 0.25) is 0 Å². The van der Waals surface area contributed by atoms with Crippen LogP contribution in [0.3, 0.4) is 0 Å². The lowest BCUT2D eigenvalue weighted by molar-refractivity contribution is -0.149. The molecule has 0 saturated heterocycles. The molecular formula is C14H22O5. The molecule has 0 aromatic heterocycles. The van der Waals surface area contributed by atoms with Gasteiger partial charge in [-0.2, -0.15) is 0 Å². The third-order valence-corrected chi connectivity index (χ3v) is 2.55. The molecule has 19 heavy (non-hydrogen) atoms. The predicted molar refractivity (Wildman–Crippen MR) is 69.6 cm³/mol. The Balaban J connectivity index is 2.47. The Morgan fingerprint density at radius 1 is 1.32 bits per heavy atom. The van der Waals surface area contributed by atoms with Crippen molar-refractivity contribution >= 4 is 12.1 Å². The van der Waals surface area contributed by atoms with Crippen molar-refractivity contribution in [2.45, 2.75) is 52.2 Å². The van der Waals surface area contributed by atoms with E-state index in [1.807, 2.05) is 6.08 Å². The van der Waals surface area contributed by atoms with E-state index in [1.54, 1.807) is 33.8 Å².